The summed E-state index contributed by atoms with van der Waals surface area (Å²) in [4.78, 5) is 23.8. The zero-order valence-corrected chi connectivity index (χ0v) is 17.3. The molecule has 0 radical (unpaired) electrons. The van der Waals surface area contributed by atoms with Gasteiger partial charge in [0.05, 0.1) is 36.7 Å². The van der Waals surface area contributed by atoms with Crippen LogP contribution in [-0.2, 0) is 15.8 Å². The van der Waals surface area contributed by atoms with Crippen LogP contribution < -0.4 is 20.2 Å². The molecule has 0 aliphatic carbocycles. The second-order valence-electron chi connectivity index (χ2n) is 6.15. The number of hydrogen-bond donors (Lipinski definition) is 2. The number of nitrogens with zero attached hydrogens (tertiary/aromatic N) is 1. The van der Waals surface area contributed by atoms with Gasteiger partial charge in [0.1, 0.15) is 0 Å². The highest BCUT2D eigenvalue weighted by Crippen LogP contribution is 2.33. The van der Waals surface area contributed by atoms with Gasteiger partial charge >= 0.3 is 6.18 Å². The maximum Gasteiger partial charge on any atom is 0.416 e. The fourth-order valence-corrected chi connectivity index (χ4v) is 2.57. The first-order valence-corrected chi connectivity index (χ1v) is 9.22. The maximum atomic E-state index is 12.8. The summed E-state index contributed by atoms with van der Waals surface area (Å²) >= 11 is 5.82. The van der Waals surface area contributed by atoms with Gasteiger partial charge in [0.15, 0.2) is 11.5 Å². The van der Waals surface area contributed by atoms with Crippen molar-refractivity contribution in [1.29, 1.82) is 0 Å². The zero-order valence-electron chi connectivity index (χ0n) is 16.5. The first kappa shape index (κ1) is 24.0. The number of methoxy groups -OCH3 is 2. The lowest BCUT2D eigenvalue weighted by atomic mass is 10.2. The number of alkyl halides is 3. The summed E-state index contributed by atoms with van der Waals surface area (Å²) in [6, 6.07) is 7.60. The van der Waals surface area contributed by atoms with Gasteiger partial charge in [-0.3, -0.25) is 9.59 Å². The molecule has 0 spiro atoms. The molecular formula is C20H19ClF3N3O4. The molecule has 7 nitrogen and oxygen atoms in total. The van der Waals surface area contributed by atoms with Gasteiger partial charge in [-0.25, -0.2) is 5.43 Å². The number of carbonyl (C=O) groups excluding carboxylic acids is 2. The number of hydrogen-bond acceptors (Lipinski definition) is 5. The van der Waals surface area contributed by atoms with E-state index in [-0.39, 0.29) is 23.6 Å². The number of anilines is 1. The highest BCUT2D eigenvalue weighted by molar-refractivity contribution is 6.33. The Morgan fingerprint density at radius 3 is 2.35 bits per heavy atom. The van der Waals surface area contributed by atoms with Crippen LogP contribution >= 0.6 is 11.6 Å². The van der Waals surface area contributed by atoms with Crippen LogP contribution in [0, 0.1) is 0 Å². The minimum atomic E-state index is -4.57. The molecule has 2 aromatic carbocycles. The molecule has 2 amide bonds. The summed E-state index contributed by atoms with van der Waals surface area (Å²) in [6.07, 6.45) is -3.70. The summed E-state index contributed by atoms with van der Waals surface area (Å²) in [6.45, 7) is 0. The number of halogens is 4. The van der Waals surface area contributed by atoms with Crippen LogP contribution in [0.5, 0.6) is 11.5 Å². The molecule has 31 heavy (non-hydrogen) atoms. The monoisotopic (exact) mass is 457 g/mol. The molecule has 0 saturated carbocycles. The number of hydrazone groups is 1. The minimum absolute atomic E-state index is 0.0506. The third-order valence-electron chi connectivity index (χ3n) is 3.96. The van der Waals surface area contributed by atoms with Gasteiger partial charge in [-0.1, -0.05) is 11.6 Å². The second-order valence-corrected chi connectivity index (χ2v) is 6.56. The molecule has 0 bridgehead atoms. The van der Waals surface area contributed by atoms with Gasteiger partial charge in [-0.05, 0) is 42.0 Å². The molecule has 0 aromatic heterocycles. The van der Waals surface area contributed by atoms with Crippen molar-refractivity contribution in [2.24, 2.45) is 5.10 Å². The number of nitrogens with one attached hydrogen (secondary N) is 2. The second kappa shape index (κ2) is 10.7. The Bertz CT molecular complexity index is 981. The highest BCUT2D eigenvalue weighted by atomic mass is 35.5. The van der Waals surface area contributed by atoms with Crippen LogP contribution in [0.4, 0.5) is 18.9 Å². The Labute approximate surface area is 181 Å². The summed E-state index contributed by atoms with van der Waals surface area (Å²) in [5.74, 6) is -0.194. The van der Waals surface area contributed by atoms with Crippen LogP contribution in [0.3, 0.4) is 0 Å². The molecule has 11 heteroatoms. The Kier molecular flexibility index (Phi) is 8.26. The third-order valence-corrected chi connectivity index (χ3v) is 4.29. The average molecular weight is 458 g/mol. The lowest BCUT2D eigenvalue weighted by Crippen LogP contribution is -2.21. The highest BCUT2D eigenvalue weighted by Gasteiger charge is 2.31. The van der Waals surface area contributed by atoms with E-state index < -0.39 is 23.6 Å². The van der Waals surface area contributed by atoms with Crippen molar-refractivity contribution in [2.45, 2.75) is 19.0 Å². The Hall–Kier alpha value is -3.27. The molecule has 0 heterocycles. The predicted molar refractivity (Wildman–Crippen MR) is 110 cm³/mol. The minimum Gasteiger partial charge on any atom is -0.493 e. The van der Waals surface area contributed by atoms with E-state index in [0.29, 0.717) is 17.1 Å². The Morgan fingerprint density at radius 1 is 1.03 bits per heavy atom. The van der Waals surface area contributed by atoms with E-state index in [9.17, 15) is 22.8 Å². The number of ether oxygens (including phenoxy) is 2. The lowest BCUT2D eigenvalue weighted by molar-refractivity contribution is -0.137. The molecule has 0 atom stereocenters. The first-order chi connectivity index (χ1) is 14.6. The molecule has 0 unspecified atom stereocenters. The van der Waals surface area contributed by atoms with Crippen LogP contribution in [0.25, 0.3) is 0 Å². The van der Waals surface area contributed by atoms with E-state index in [1.807, 2.05) is 0 Å². The van der Waals surface area contributed by atoms with Gasteiger partial charge in [-0.15, -0.1) is 0 Å². The number of benzene rings is 2. The standard InChI is InChI=1S/C20H19ClF3N3O4/c1-30-16-6-3-12(9-17(16)31-2)11-25-27-19(29)8-7-18(28)26-15-10-13(20(22,23)24)4-5-14(15)21/h3-6,9-11H,7-8H2,1-2H3,(H,26,28)(H,27,29)/b25-11+. The van der Waals surface area contributed by atoms with Crippen molar-refractivity contribution < 1.29 is 32.2 Å². The van der Waals surface area contributed by atoms with Gasteiger partial charge < -0.3 is 14.8 Å². The smallest absolute Gasteiger partial charge is 0.416 e. The molecule has 0 aliphatic rings. The molecule has 0 aliphatic heterocycles. The van der Waals surface area contributed by atoms with Gasteiger partial charge in [-0.2, -0.15) is 18.3 Å². The van der Waals surface area contributed by atoms with Crippen molar-refractivity contribution in [3.63, 3.8) is 0 Å². The van der Waals surface area contributed by atoms with Crippen molar-refractivity contribution in [3.05, 3.63) is 52.5 Å². The van der Waals surface area contributed by atoms with E-state index in [4.69, 9.17) is 21.1 Å². The molecule has 166 valence electrons. The molecule has 2 rings (SSSR count). The van der Waals surface area contributed by atoms with Crippen molar-refractivity contribution in [3.8, 4) is 11.5 Å². The SMILES string of the molecule is COc1ccc(/C=N/NC(=O)CCC(=O)Nc2cc(C(F)(F)F)ccc2Cl)cc1OC. The maximum absolute atomic E-state index is 12.8. The topological polar surface area (TPSA) is 89.0 Å². The third kappa shape index (κ3) is 7.18. The van der Waals surface area contributed by atoms with E-state index in [1.54, 1.807) is 18.2 Å². The molecule has 0 saturated heterocycles. The Balaban J connectivity index is 1.86. The van der Waals surface area contributed by atoms with Crippen LogP contribution in [0.2, 0.25) is 5.02 Å². The quantitative estimate of drug-likeness (QED) is 0.458. The van der Waals surface area contributed by atoms with Crippen molar-refractivity contribution in [1.82, 2.24) is 5.43 Å². The number of amides is 2. The van der Waals surface area contributed by atoms with Crippen LogP contribution in [-0.4, -0.2) is 32.2 Å². The van der Waals surface area contributed by atoms with Gasteiger partial charge in [0.25, 0.3) is 0 Å². The van der Waals surface area contributed by atoms with Gasteiger partial charge in [0.2, 0.25) is 11.8 Å². The summed E-state index contributed by atoms with van der Waals surface area (Å²) < 4.78 is 48.6. The van der Waals surface area contributed by atoms with Gasteiger partial charge in [0, 0.05) is 12.8 Å². The summed E-state index contributed by atoms with van der Waals surface area (Å²) in [5, 5.41) is 6.01. The predicted octanol–water partition coefficient (Wildman–Crippen LogP) is 4.25. The summed E-state index contributed by atoms with van der Waals surface area (Å²) in [5.41, 5.74) is 1.76. The summed E-state index contributed by atoms with van der Waals surface area (Å²) in [7, 11) is 2.99. The fourth-order valence-electron chi connectivity index (χ4n) is 2.40. The van der Waals surface area contributed by atoms with Crippen LogP contribution in [0.1, 0.15) is 24.0 Å². The normalized spacial score (nSPS) is 11.3. The molecule has 0 fully saturated rings. The number of rotatable bonds is 8. The van der Waals surface area contributed by atoms with Crippen molar-refractivity contribution in [2.75, 3.05) is 19.5 Å². The largest absolute Gasteiger partial charge is 0.493 e. The van der Waals surface area contributed by atoms with E-state index in [1.165, 1.54) is 20.4 Å². The Morgan fingerprint density at radius 2 is 1.71 bits per heavy atom. The average Bonchev–Trinajstić information content (AvgIpc) is 2.72. The molecule has 2 aromatic rings. The van der Waals surface area contributed by atoms with E-state index >= 15 is 0 Å². The first-order valence-electron chi connectivity index (χ1n) is 8.84. The van der Waals surface area contributed by atoms with E-state index in [2.05, 4.69) is 15.8 Å². The molecule has 2 N–H and O–H groups in total. The zero-order chi connectivity index (χ0) is 23.0. The van der Waals surface area contributed by atoms with Crippen molar-refractivity contribution >= 4 is 35.3 Å². The number of carbonyl (C=O) groups is 2. The lowest BCUT2D eigenvalue weighted by Gasteiger charge is -2.11. The fraction of sp³-hybridized carbons (Fsp3) is 0.250. The van der Waals surface area contributed by atoms with E-state index in [0.717, 1.165) is 18.2 Å². The molecular weight excluding hydrogens is 439 g/mol. The van der Waals surface area contributed by atoms with Crippen LogP contribution in [0.15, 0.2) is 41.5 Å².